The summed E-state index contributed by atoms with van der Waals surface area (Å²) in [5, 5.41) is 13.0. The number of furan rings is 1. The van der Waals surface area contributed by atoms with Crippen LogP contribution in [0.3, 0.4) is 0 Å². The van der Waals surface area contributed by atoms with Crippen LogP contribution in [0.5, 0.6) is 0 Å². The van der Waals surface area contributed by atoms with Crippen molar-refractivity contribution in [2.75, 3.05) is 18.5 Å². The molecule has 0 radical (unpaired) electrons. The van der Waals surface area contributed by atoms with Crippen molar-refractivity contribution in [2.45, 2.75) is 12.7 Å². The molecule has 1 unspecified atom stereocenters. The maximum absolute atomic E-state index is 13.1. The molecule has 2 rings (SSSR count). The van der Waals surface area contributed by atoms with Crippen LogP contribution in [0.1, 0.15) is 5.76 Å². The van der Waals surface area contributed by atoms with Crippen LogP contribution in [-0.4, -0.2) is 24.4 Å². The van der Waals surface area contributed by atoms with E-state index in [-0.39, 0.29) is 18.2 Å². The van der Waals surface area contributed by atoms with Gasteiger partial charge in [0.05, 0.1) is 29.7 Å². The summed E-state index contributed by atoms with van der Waals surface area (Å²) in [6.07, 6.45) is 0.832. The van der Waals surface area contributed by atoms with E-state index in [0.717, 1.165) is 0 Å². The normalized spacial score (nSPS) is 12.4. The van der Waals surface area contributed by atoms with Gasteiger partial charge in [-0.15, -0.1) is 0 Å². The Bertz CT molecular complexity index is 557. The van der Waals surface area contributed by atoms with Crippen molar-refractivity contribution in [1.82, 2.24) is 0 Å². The molecule has 7 heteroatoms. The van der Waals surface area contributed by atoms with E-state index in [9.17, 15) is 9.50 Å². The van der Waals surface area contributed by atoms with Crippen LogP contribution in [0.25, 0.3) is 0 Å². The summed E-state index contributed by atoms with van der Waals surface area (Å²) in [7, 11) is 0. The minimum absolute atomic E-state index is 0.143. The molecule has 0 saturated heterocycles. The molecule has 2 N–H and O–H groups in total. The van der Waals surface area contributed by atoms with Crippen LogP contribution in [0.2, 0.25) is 5.02 Å². The number of rotatable bonds is 7. The topological polar surface area (TPSA) is 54.6 Å². The Morgan fingerprint density at radius 1 is 1.48 bits per heavy atom. The molecule has 114 valence electrons. The molecule has 1 heterocycles. The minimum atomic E-state index is -0.729. The fourth-order valence-corrected chi connectivity index (χ4v) is 2.64. The molecule has 4 nitrogen and oxygen atoms in total. The van der Waals surface area contributed by atoms with E-state index in [1.54, 1.807) is 18.4 Å². The highest BCUT2D eigenvalue weighted by atomic mass is 79.9. The third-order valence-electron chi connectivity index (χ3n) is 2.66. The fourth-order valence-electron chi connectivity index (χ4n) is 1.68. The molecule has 0 amide bonds. The predicted octanol–water partition coefficient (Wildman–Crippen LogP) is 3.82. The van der Waals surface area contributed by atoms with Crippen molar-refractivity contribution >= 4 is 33.2 Å². The van der Waals surface area contributed by atoms with Gasteiger partial charge in [0.25, 0.3) is 0 Å². The van der Waals surface area contributed by atoms with Gasteiger partial charge in [-0.05, 0) is 40.2 Å². The Labute approximate surface area is 135 Å². The van der Waals surface area contributed by atoms with E-state index in [4.69, 9.17) is 20.8 Å². The highest BCUT2D eigenvalue weighted by Crippen LogP contribution is 2.31. The van der Waals surface area contributed by atoms with Crippen molar-refractivity contribution in [1.29, 1.82) is 0 Å². The Morgan fingerprint density at radius 3 is 2.95 bits per heavy atom. The van der Waals surface area contributed by atoms with Gasteiger partial charge in [-0.25, -0.2) is 4.39 Å². The summed E-state index contributed by atoms with van der Waals surface area (Å²) in [5.41, 5.74) is 0.531. The first-order valence-electron chi connectivity index (χ1n) is 6.23. The van der Waals surface area contributed by atoms with Gasteiger partial charge < -0.3 is 19.6 Å². The Balaban J connectivity index is 1.77. The SMILES string of the molecule is OC(CNc1c(Cl)cc(F)cc1Br)COCc1ccco1. The standard InChI is InChI=1S/C14H14BrClFNO3/c15-12-4-9(17)5-13(16)14(12)18-6-10(19)7-20-8-11-2-1-3-21-11/h1-5,10,18-19H,6-8H2. The number of aliphatic hydroxyl groups is 1. The lowest BCUT2D eigenvalue weighted by Crippen LogP contribution is -2.25. The Morgan fingerprint density at radius 2 is 2.29 bits per heavy atom. The first kappa shape index (κ1) is 16.3. The van der Waals surface area contributed by atoms with E-state index in [1.807, 2.05) is 0 Å². The van der Waals surface area contributed by atoms with Crippen LogP contribution in [0.15, 0.2) is 39.4 Å². The van der Waals surface area contributed by atoms with Crippen molar-refractivity contribution in [3.05, 3.63) is 51.6 Å². The van der Waals surface area contributed by atoms with Gasteiger partial charge in [0.1, 0.15) is 18.2 Å². The van der Waals surface area contributed by atoms with E-state index < -0.39 is 11.9 Å². The zero-order valence-electron chi connectivity index (χ0n) is 11.0. The summed E-state index contributed by atoms with van der Waals surface area (Å²) in [6.45, 7) is 0.664. The fraction of sp³-hybridized carbons (Fsp3) is 0.286. The highest BCUT2D eigenvalue weighted by Gasteiger charge is 2.10. The molecule has 0 aliphatic rings. The zero-order valence-corrected chi connectivity index (χ0v) is 13.3. The number of nitrogens with one attached hydrogen (secondary N) is 1. The average molecular weight is 379 g/mol. The van der Waals surface area contributed by atoms with Crippen LogP contribution in [0.4, 0.5) is 10.1 Å². The lowest BCUT2D eigenvalue weighted by atomic mass is 10.3. The average Bonchev–Trinajstić information content (AvgIpc) is 2.90. The number of benzene rings is 1. The van der Waals surface area contributed by atoms with Gasteiger partial charge in [-0.1, -0.05) is 11.6 Å². The number of ether oxygens (including phenoxy) is 1. The first-order valence-corrected chi connectivity index (χ1v) is 7.40. The van der Waals surface area contributed by atoms with Crippen LogP contribution in [0, 0.1) is 5.82 Å². The number of halogens is 3. The molecule has 2 aromatic rings. The van der Waals surface area contributed by atoms with Gasteiger partial charge in [-0.2, -0.15) is 0 Å². The van der Waals surface area contributed by atoms with E-state index >= 15 is 0 Å². The maximum Gasteiger partial charge on any atom is 0.129 e. The van der Waals surface area contributed by atoms with Crippen molar-refractivity contribution < 1.29 is 18.7 Å². The summed E-state index contributed by atoms with van der Waals surface area (Å²) in [5.74, 6) is 0.263. The second-order valence-electron chi connectivity index (χ2n) is 4.37. The van der Waals surface area contributed by atoms with E-state index in [1.165, 1.54) is 12.1 Å². The van der Waals surface area contributed by atoms with Gasteiger partial charge in [0.15, 0.2) is 0 Å². The maximum atomic E-state index is 13.1. The van der Waals surface area contributed by atoms with Crippen molar-refractivity contribution in [2.24, 2.45) is 0 Å². The van der Waals surface area contributed by atoms with Gasteiger partial charge in [0.2, 0.25) is 0 Å². The highest BCUT2D eigenvalue weighted by molar-refractivity contribution is 9.10. The minimum Gasteiger partial charge on any atom is -0.467 e. The van der Waals surface area contributed by atoms with E-state index in [2.05, 4.69) is 21.2 Å². The third-order valence-corrected chi connectivity index (χ3v) is 3.58. The van der Waals surface area contributed by atoms with Crippen LogP contribution in [-0.2, 0) is 11.3 Å². The molecule has 21 heavy (non-hydrogen) atoms. The second kappa shape index (κ2) is 7.79. The van der Waals surface area contributed by atoms with Crippen LogP contribution < -0.4 is 5.32 Å². The summed E-state index contributed by atoms with van der Waals surface area (Å²) >= 11 is 9.15. The lowest BCUT2D eigenvalue weighted by molar-refractivity contribution is 0.0282. The molecule has 0 aliphatic carbocycles. The quantitative estimate of drug-likeness (QED) is 0.769. The van der Waals surface area contributed by atoms with Crippen molar-refractivity contribution in [3.8, 4) is 0 Å². The van der Waals surface area contributed by atoms with Crippen molar-refractivity contribution in [3.63, 3.8) is 0 Å². The molecular formula is C14H14BrClFNO3. The molecule has 0 fully saturated rings. The number of hydrogen-bond acceptors (Lipinski definition) is 4. The smallest absolute Gasteiger partial charge is 0.129 e. The molecule has 1 atom stereocenters. The second-order valence-corrected chi connectivity index (χ2v) is 5.64. The first-order chi connectivity index (χ1) is 10.1. The van der Waals surface area contributed by atoms with E-state index in [0.29, 0.717) is 22.5 Å². The Hall–Kier alpha value is -1.08. The molecule has 1 aromatic heterocycles. The molecule has 0 spiro atoms. The summed E-state index contributed by atoms with van der Waals surface area (Å²) in [6, 6.07) is 6.06. The molecular weight excluding hydrogens is 365 g/mol. The largest absolute Gasteiger partial charge is 0.467 e. The van der Waals surface area contributed by atoms with Gasteiger partial charge in [-0.3, -0.25) is 0 Å². The molecule has 1 aromatic carbocycles. The summed E-state index contributed by atoms with van der Waals surface area (Å²) < 4.78 is 24.0. The number of anilines is 1. The number of aliphatic hydroxyl groups excluding tert-OH is 1. The molecule has 0 aliphatic heterocycles. The van der Waals surface area contributed by atoms with Crippen LogP contribution >= 0.6 is 27.5 Å². The van der Waals surface area contributed by atoms with Gasteiger partial charge >= 0.3 is 0 Å². The molecule has 0 saturated carbocycles. The zero-order chi connectivity index (χ0) is 15.2. The predicted molar refractivity (Wildman–Crippen MR) is 82.0 cm³/mol. The third kappa shape index (κ3) is 5.00. The molecule has 0 bridgehead atoms. The summed E-state index contributed by atoms with van der Waals surface area (Å²) in [4.78, 5) is 0. The number of hydrogen-bond donors (Lipinski definition) is 2. The van der Waals surface area contributed by atoms with Gasteiger partial charge in [0, 0.05) is 11.0 Å². The lowest BCUT2D eigenvalue weighted by Gasteiger charge is -2.15. The Kier molecular flexibility index (Phi) is 6.05. The monoisotopic (exact) mass is 377 g/mol.